The van der Waals surface area contributed by atoms with Crippen molar-refractivity contribution >= 4 is 22.7 Å². The Bertz CT molecular complexity index is 973. The second-order valence-corrected chi connectivity index (χ2v) is 8.68. The molecule has 1 rings (SSSR count). The van der Waals surface area contributed by atoms with Crippen LogP contribution in [0.3, 0.4) is 0 Å². The fourth-order valence-electron chi connectivity index (χ4n) is 2.74. The molecule has 0 aliphatic heterocycles. The zero-order valence-electron chi connectivity index (χ0n) is 25.1. The third-order valence-electron chi connectivity index (χ3n) is 4.91. The molecular weight excluding hydrogens is 515 g/mol. The van der Waals surface area contributed by atoms with Crippen molar-refractivity contribution in [3.05, 3.63) is 94.1 Å². The highest BCUT2D eigenvalue weighted by Gasteiger charge is 2.34. The van der Waals surface area contributed by atoms with E-state index in [-0.39, 0.29) is 18.8 Å². The Labute approximate surface area is 241 Å². The van der Waals surface area contributed by atoms with Crippen LogP contribution in [0.5, 0.6) is 0 Å². The Morgan fingerprint density at radius 3 is 1.82 bits per heavy atom. The highest BCUT2D eigenvalue weighted by Crippen LogP contribution is 2.32. The number of nitrogens with zero attached hydrogens (tertiary/aromatic N) is 1. The Morgan fingerprint density at radius 1 is 1.03 bits per heavy atom. The van der Waals surface area contributed by atoms with Crippen molar-refractivity contribution in [3.8, 4) is 0 Å². The highest BCUT2D eigenvalue weighted by molar-refractivity contribution is 7.10. The molecule has 2 nitrogen and oxygen atoms in total. The Morgan fingerprint density at radius 2 is 1.56 bits per heavy atom. The number of hydrogen-bond donors (Lipinski definition) is 0. The maximum atomic E-state index is 12.7. The zero-order chi connectivity index (χ0) is 30.3. The number of rotatable bonds is 9. The number of hydrogen-bond acceptors (Lipinski definition) is 3. The van der Waals surface area contributed by atoms with Crippen LogP contribution in [0.15, 0.2) is 89.1 Å². The van der Waals surface area contributed by atoms with Gasteiger partial charge in [0.1, 0.15) is 5.01 Å². The van der Waals surface area contributed by atoms with E-state index in [2.05, 4.69) is 38.1 Å². The fourth-order valence-corrected chi connectivity index (χ4v) is 3.44. The number of carbonyl (C=O) groups excluding carboxylic acids is 1. The normalized spacial score (nSPS) is 12.4. The SMILES string of the molecule is C.C/C=C(\C)C(C)=O.C=CC(=C\C)/C(=C/C)/C=C(\C(=C)C)C(F)(F)F.CC.CC/C=C(\CCC)c1nccs1. The van der Waals surface area contributed by atoms with Crippen molar-refractivity contribution in [2.24, 2.45) is 0 Å². The van der Waals surface area contributed by atoms with Crippen molar-refractivity contribution in [1.29, 1.82) is 0 Å². The van der Waals surface area contributed by atoms with Gasteiger partial charge in [0.25, 0.3) is 0 Å². The van der Waals surface area contributed by atoms with Crippen LogP contribution in [0.25, 0.3) is 5.57 Å². The summed E-state index contributed by atoms with van der Waals surface area (Å²) in [6.45, 7) is 25.3. The van der Waals surface area contributed by atoms with Gasteiger partial charge in [-0.15, -0.1) is 11.3 Å². The minimum Gasteiger partial charge on any atom is -0.295 e. The number of alkyl halides is 3. The summed E-state index contributed by atoms with van der Waals surface area (Å²) in [5.74, 6) is 0.155. The van der Waals surface area contributed by atoms with E-state index in [9.17, 15) is 18.0 Å². The maximum Gasteiger partial charge on any atom is 0.416 e. The van der Waals surface area contributed by atoms with Crippen molar-refractivity contribution in [1.82, 2.24) is 4.98 Å². The first-order valence-electron chi connectivity index (χ1n) is 13.0. The van der Waals surface area contributed by atoms with Crippen molar-refractivity contribution in [3.63, 3.8) is 0 Å². The molecule has 0 saturated carbocycles. The number of aromatic nitrogens is 1. The van der Waals surface area contributed by atoms with E-state index in [0.29, 0.717) is 11.1 Å². The zero-order valence-corrected chi connectivity index (χ0v) is 25.9. The summed E-state index contributed by atoms with van der Waals surface area (Å²) < 4.78 is 38.2. The summed E-state index contributed by atoms with van der Waals surface area (Å²) in [4.78, 5) is 14.6. The first-order chi connectivity index (χ1) is 17.8. The molecule has 0 aliphatic rings. The van der Waals surface area contributed by atoms with Gasteiger partial charge >= 0.3 is 6.18 Å². The van der Waals surface area contributed by atoms with Gasteiger partial charge in [0.15, 0.2) is 5.78 Å². The van der Waals surface area contributed by atoms with E-state index in [0.717, 1.165) is 24.5 Å². The predicted molar refractivity (Wildman–Crippen MR) is 170 cm³/mol. The molecule has 39 heavy (non-hydrogen) atoms. The van der Waals surface area contributed by atoms with Crippen molar-refractivity contribution < 1.29 is 18.0 Å². The van der Waals surface area contributed by atoms with Crippen LogP contribution in [0, 0.1) is 0 Å². The van der Waals surface area contributed by atoms with Gasteiger partial charge in [-0.1, -0.05) is 85.1 Å². The summed E-state index contributed by atoms with van der Waals surface area (Å²) in [5, 5.41) is 3.23. The van der Waals surface area contributed by atoms with E-state index < -0.39 is 11.7 Å². The average Bonchev–Trinajstić information content (AvgIpc) is 3.42. The maximum absolute atomic E-state index is 12.7. The van der Waals surface area contributed by atoms with E-state index >= 15 is 0 Å². The number of ketones is 1. The van der Waals surface area contributed by atoms with Gasteiger partial charge in [0, 0.05) is 11.6 Å². The van der Waals surface area contributed by atoms with E-state index in [1.807, 2.05) is 45.3 Å². The van der Waals surface area contributed by atoms with Gasteiger partial charge in [-0.3, -0.25) is 4.79 Å². The molecule has 222 valence electrons. The molecule has 0 N–H and O–H groups in total. The minimum absolute atomic E-state index is 0. The van der Waals surface area contributed by atoms with E-state index in [4.69, 9.17) is 0 Å². The third kappa shape index (κ3) is 19.9. The van der Waals surface area contributed by atoms with Crippen molar-refractivity contribution in [2.45, 2.75) is 102 Å². The molecule has 1 aromatic heterocycles. The van der Waals surface area contributed by atoms with Crippen LogP contribution >= 0.6 is 11.3 Å². The number of Topliss-reactive ketones (excluding diaryl/α,β-unsaturated/α-hetero) is 1. The van der Waals surface area contributed by atoms with Crippen LogP contribution in [-0.2, 0) is 4.79 Å². The molecule has 0 radical (unpaired) electrons. The quantitative estimate of drug-likeness (QED) is 0.219. The first kappa shape index (κ1) is 43.3. The van der Waals surface area contributed by atoms with Gasteiger partial charge in [-0.2, -0.15) is 13.2 Å². The second kappa shape index (κ2) is 25.5. The lowest BCUT2D eigenvalue weighted by atomic mass is 9.99. The highest BCUT2D eigenvalue weighted by atomic mass is 32.1. The Balaban J connectivity index is -0.000000243. The van der Waals surface area contributed by atoms with Crippen LogP contribution < -0.4 is 0 Å². The molecule has 1 aromatic rings. The number of halogens is 3. The summed E-state index contributed by atoms with van der Waals surface area (Å²) in [5.41, 5.74) is 2.67. The van der Waals surface area contributed by atoms with Gasteiger partial charge in [0.2, 0.25) is 0 Å². The minimum atomic E-state index is -4.39. The fraction of sp³-hybridized carbons (Fsp3) is 0.455. The molecule has 1 heterocycles. The summed E-state index contributed by atoms with van der Waals surface area (Å²) in [7, 11) is 0. The van der Waals surface area contributed by atoms with Gasteiger partial charge in [-0.05, 0) is 88.3 Å². The topological polar surface area (TPSA) is 30.0 Å². The van der Waals surface area contributed by atoms with Gasteiger partial charge < -0.3 is 0 Å². The largest absolute Gasteiger partial charge is 0.416 e. The summed E-state index contributed by atoms with van der Waals surface area (Å²) >= 11 is 1.73. The summed E-state index contributed by atoms with van der Waals surface area (Å²) in [6.07, 6.45) is 11.0. The monoisotopic (exact) mass is 567 g/mol. The lowest BCUT2D eigenvalue weighted by Crippen LogP contribution is -2.13. The molecule has 0 spiro atoms. The van der Waals surface area contributed by atoms with E-state index in [1.165, 1.54) is 30.0 Å². The molecule has 6 heteroatoms. The molecular formula is C33H52F3NOS. The predicted octanol–water partition coefficient (Wildman–Crippen LogP) is 12.1. The first-order valence-corrected chi connectivity index (χ1v) is 13.8. The number of thiazole rings is 1. The van der Waals surface area contributed by atoms with Crippen LogP contribution in [0.4, 0.5) is 13.2 Å². The van der Waals surface area contributed by atoms with Crippen LogP contribution in [0.1, 0.15) is 101 Å². The molecule has 0 aromatic carbocycles. The molecule has 0 amide bonds. The molecule has 0 aliphatic carbocycles. The Hall–Kier alpha value is -2.73. The molecule has 0 saturated heterocycles. The van der Waals surface area contributed by atoms with Crippen LogP contribution in [0.2, 0.25) is 0 Å². The van der Waals surface area contributed by atoms with Crippen LogP contribution in [-0.4, -0.2) is 16.9 Å². The molecule has 0 unspecified atom stereocenters. The van der Waals surface area contributed by atoms with E-state index in [1.54, 1.807) is 44.3 Å². The Kier molecular flexibility index (Phi) is 28.4. The standard InChI is InChI=1S/C14H17F3.C10H15NS.C6H10O.C2H6.CH4/c1-6-11(7-2)12(8-3)9-13(10(4)5)14(15,16)17;1-3-5-9(6-4-2)10-11-7-8-12-10;1-4-5(2)6(3)7;1-2;/h6-9H,1,4H2,2-3,5H3;5,7-8H,3-4,6H2,1-2H3;4H,1-3H3;1-2H3;1H4/b11-7+,12-8+,13-9+;9-5+;5-4+;;. The summed E-state index contributed by atoms with van der Waals surface area (Å²) in [6, 6.07) is 0. The lowest BCUT2D eigenvalue weighted by Gasteiger charge is -2.13. The molecule has 0 bridgehead atoms. The molecule has 0 atom stereocenters. The van der Waals surface area contributed by atoms with Gasteiger partial charge in [0.05, 0.1) is 5.57 Å². The smallest absolute Gasteiger partial charge is 0.295 e. The number of carbonyl (C=O) groups is 1. The number of allylic oxidation sites excluding steroid dienone is 12. The molecule has 0 fully saturated rings. The average molecular weight is 568 g/mol. The third-order valence-corrected chi connectivity index (χ3v) is 5.75. The van der Waals surface area contributed by atoms with Crippen molar-refractivity contribution in [2.75, 3.05) is 0 Å². The van der Waals surface area contributed by atoms with Gasteiger partial charge in [-0.25, -0.2) is 4.98 Å². The lowest BCUT2D eigenvalue weighted by molar-refractivity contribution is -0.113. The second-order valence-electron chi connectivity index (χ2n) is 7.78.